The molecule has 1 N–H and O–H groups in total. The van der Waals surface area contributed by atoms with Gasteiger partial charge in [0.2, 0.25) is 0 Å². The Bertz CT molecular complexity index is 392. The minimum absolute atomic E-state index is 0.341. The van der Waals surface area contributed by atoms with Crippen molar-refractivity contribution in [3.63, 3.8) is 0 Å². The molecule has 3 rings (SSSR count). The molecule has 1 atom stereocenters. The fourth-order valence-corrected chi connectivity index (χ4v) is 2.45. The molecule has 0 aliphatic carbocycles. The summed E-state index contributed by atoms with van der Waals surface area (Å²) in [6.45, 7) is 7.66. The lowest BCUT2D eigenvalue weighted by Gasteiger charge is -2.39. The summed E-state index contributed by atoms with van der Waals surface area (Å²) < 4.78 is 0. The number of piperazine rings is 1. The molecule has 1 fully saturated rings. The van der Waals surface area contributed by atoms with Gasteiger partial charge in [0.05, 0.1) is 0 Å². The van der Waals surface area contributed by atoms with Gasteiger partial charge in [0.1, 0.15) is 6.17 Å². The Hall–Kier alpha value is -1.36. The van der Waals surface area contributed by atoms with Crippen molar-refractivity contribution < 1.29 is 0 Å². The van der Waals surface area contributed by atoms with Crippen LogP contribution >= 0.6 is 0 Å². The molecular weight excluding hydrogens is 202 g/mol. The van der Waals surface area contributed by atoms with Crippen LogP contribution in [0.5, 0.6) is 0 Å². The molecule has 1 saturated heterocycles. The van der Waals surface area contributed by atoms with E-state index < -0.39 is 0 Å². The highest BCUT2D eigenvalue weighted by molar-refractivity contribution is 5.68. The van der Waals surface area contributed by atoms with Gasteiger partial charge in [-0.25, -0.2) is 9.97 Å². The zero-order valence-electron chi connectivity index (χ0n) is 9.72. The maximum absolute atomic E-state index is 4.40. The van der Waals surface area contributed by atoms with Crippen LogP contribution in [-0.2, 0) is 0 Å². The highest BCUT2D eigenvalue weighted by Gasteiger charge is 2.35. The van der Waals surface area contributed by atoms with Crippen LogP contribution < -0.4 is 10.2 Å². The molecule has 16 heavy (non-hydrogen) atoms. The van der Waals surface area contributed by atoms with E-state index in [1.807, 2.05) is 0 Å². The van der Waals surface area contributed by atoms with Gasteiger partial charge in [-0.3, -0.25) is 4.90 Å². The fourth-order valence-electron chi connectivity index (χ4n) is 2.45. The third kappa shape index (κ3) is 1.43. The van der Waals surface area contributed by atoms with Gasteiger partial charge in [-0.15, -0.1) is 0 Å². The van der Waals surface area contributed by atoms with Crippen LogP contribution in [0.15, 0.2) is 12.4 Å². The van der Waals surface area contributed by atoms with Crippen LogP contribution in [0.25, 0.3) is 0 Å². The molecule has 1 aromatic heterocycles. The Morgan fingerprint density at radius 2 is 2.12 bits per heavy atom. The number of rotatable bonds is 1. The van der Waals surface area contributed by atoms with E-state index >= 15 is 0 Å². The second-order valence-corrected chi connectivity index (χ2v) is 4.67. The normalized spacial score (nSPS) is 24.2. The molecule has 86 valence electrons. The average Bonchev–Trinajstić information content (AvgIpc) is 2.66. The van der Waals surface area contributed by atoms with Crippen molar-refractivity contribution in [3.8, 4) is 0 Å². The summed E-state index contributed by atoms with van der Waals surface area (Å²) in [5.74, 6) is 1.94. The Morgan fingerprint density at radius 3 is 2.94 bits per heavy atom. The Kier molecular flexibility index (Phi) is 2.21. The smallest absolute Gasteiger partial charge is 0.173 e. The highest BCUT2D eigenvalue weighted by Crippen LogP contribution is 2.31. The van der Waals surface area contributed by atoms with Crippen molar-refractivity contribution in [1.29, 1.82) is 0 Å². The fraction of sp³-hybridized carbons (Fsp3) is 0.636. The molecule has 5 nitrogen and oxygen atoms in total. The van der Waals surface area contributed by atoms with Crippen LogP contribution in [-0.4, -0.2) is 46.7 Å². The first-order valence-corrected chi connectivity index (χ1v) is 5.84. The zero-order valence-corrected chi connectivity index (χ0v) is 9.72. The summed E-state index contributed by atoms with van der Waals surface area (Å²) in [5.41, 5.74) is 0. The third-order valence-corrected chi connectivity index (χ3v) is 3.40. The first kappa shape index (κ1) is 9.84. The Balaban J connectivity index is 1.82. The lowest BCUT2D eigenvalue weighted by molar-refractivity contribution is 0.190. The molecule has 0 saturated carbocycles. The van der Waals surface area contributed by atoms with Crippen LogP contribution in [0.3, 0.4) is 0 Å². The molecular formula is C11H17N5. The molecule has 0 amide bonds. The average molecular weight is 219 g/mol. The number of aromatic nitrogens is 2. The molecule has 1 unspecified atom stereocenters. The summed E-state index contributed by atoms with van der Waals surface area (Å²) in [6.07, 6.45) is 3.84. The van der Waals surface area contributed by atoms with Gasteiger partial charge in [0.15, 0.2) is 11.6 Å². The predicted octanol–water partition coefficient (Wildman–Crippen LogP) is 0.759. The number of fused-ring (bicyclic) bond motifs is 3. The molecule has 0 radical (unpaired) electrons. The predicted molar refractivity (Wildman–Crippen MR) is 63.5 cm³/mol. The SMILES string of the molecule is CC(C)N1CCN2c3nccnc3NC2C1. The van der Waals surface area contributed by atoms with Crippen molar-refractivity contribution in [2.24, 2.45) is 0 Å². The van der Waals surface area contributed by atoms with E-state index in [9.17, 15) is 0 Å². The number of nitrogens with one attached hydrogen (secondary N) is 1. The molecule has 2 aliphatic heterocycles. The maximum Gasteiger partial charge on any atom is 0.173 e. The monoisotopic (exact) mass is 219 g/mol. The summed E-state index contributed by atoms with van der Waals surface area (Å²) in [6, 6.07) is 0.605. The lowest BCUT2D eigenvalue weighted by Crippen LogP contribution is -2.55. The number of anilines is 2. The lowest BCUT2D eigenvalue weighted by atomic mass is 10.2. The van der Waals surface area contributed by atoms with E-state index in [4.69, 9.17) is 0 Å². The van der Waals surface area contributed by atoms with Crippen molar-refractivity contribution in [3.05, 3.63) is 12.4 Å². The largest absolute Gasteiger partial charge is 0.346 e. The molecule has 1 aromatic rings. The quantitative estimate of drug-likeness (QED) is 0.755. The van der Waals surface area contributed by atoms with E-state index in [1.54, 1.807) is 12.4 Å². The molecule has 2 aliphatic rings. The standard InChI is InChI=1S/C11H17N5/c1-8(2)15-5-6-16-9(7-15)14-10-11(16)13-4-3-12-10/h3-4,8-9H,5-7H2,1-2H3,(H,12,14). The number of hydrogen-bond donors (Lipinski definition) is 1. The second-order valence-electron chi connectivity index (χ2n) is 4.67. The summed E-state index contributed by atoms with van der Waals surface area (Å²) in [4.78, 5) is 13.5. The van der Waals surface area contributed by atoms with E-state index in [2.05, 4.69) is 38.9 Å². The highest BCUT2D eigenvalue weighted by atomic mass is 15.4. The van der Waals surface area contributed by atoms with E-state index in [0.717, 1.165) is 31.3 Å². The van der Waals surface area contributed by atoms with Gasteiger partial charge >= 0.3 is 0 Å². The number of hydrogen-bond acceptors (Lipinski definition) is 5. The third-order valence-electron chi connectivity index (χ3n) is 3.40. The summed E-state index contributed by atoms with van der Waals surface area (Å²) in [7, 11) is 0. The van der Waals surface area contributed by atoms with Crippen LogP contribution in [0, 0.1) is 0 Å². The molecule has 0 spiro atoms. The van der Waals surface area contributed by atoms with E-state index in [0.29, 0.717) is 12.2 Å². The first-order valence-electron chi connectivity index (χ1n) is 5.84. The maximum atomic E-state index is 4.40. The summed E-state index contributed by atoms with van der Waals surface area (Å²) >= 11 is 0. The van der Waals surface area contributed by atoms with Crippen molar-refractivity contribution in [1.82, 2.24) is 14.9 Å². The van der Waals surface area contributed by atoms with Gasteiger partial charge in [0, 0.05) is 38.1 Å². The van der Waals surface area contributed by atoms with Gasteiger partial charge < -0.3 is 10.2 Å². The van der Waals surface area contributed by atoms with Crippen molar-refractivity contribution in [2.45, 2.75) is 26.1 Å². The number of nitrogens with zero attached hydrogens (tertiary/aromatic N) is 4. The molecule has 0 bridgehead atoms. The molecule has 5 heteroatoms. The minimum Gasteiger partial charge on any atom is -0.346 e. The molecule has 0 aromatic carbocycles. The first-order chi connectivity index (χ1) is 7.75. The van der Waals surface area contributed by atoms with Gasteiger partial charge in [-0.2, -0.15) is 0 Å². The van der Waals surface area contributed by atoms with E-state index in [1.165, 1.54) is 0 Å². The second kappa shape index (κ2) is 3.59. The Morgan fingerprint density at radius 1 is 1.31 bits per heavy atom. The Labute approximate surface area is 95.5 Å². The van der Waals surface area contributed by atoms with Crippen molar-refractivity contribution >= 4 is 11.6 Å². The van der Waals surface area contributed by atoms with Crippen LogP contribution in [0.4, 0.5) is 11.6 Å². The van der Waals surface area contributed by atoms with Crippen molar-refractivity contribution in [2.75, 3.05) is 29.9 Å². The van der Waals surface area contributed by atoms with Gasteiger partial charge in [-0.05, 0) is 13.8 Å². The van der Waals surface area contributed by atoms with E-state index in [-0.39, 0.29) is 0 Å². The van der Waals surface area contributed by atoms with Crippen LogP contribution in [0.1, 0.15) is 13.8 Å². The summed E-state index contributed by atoms with van der Waals surface area (Å²) in [5, 5.41) is 3.43. The molecule has 3 heterocycles. The van der Waals surface area contributed by atoms with Crippen LogP contribution in [0.2, 0.25) is 0 Å². The van der Waals surface area contributed by atoms with Gasteiger partial charge in [0.25, 0.3) is 0 Å². The topological polar surface area (TPSA) is 44.3 Å². The zero-order chi connectivity index (χ0) is 11.1. The van der Waals surface area contributed by atoms with Gasteiger partial charge in [-0.1, -0.05) is 0 Å². The minimum atomic E-state index is 0.341.